The van der Waals surface area contributed by atoms with Gasteiger partial charge in [-0.05, 0) is 11.6 Å². The maximum Gasteiger partial charge on any atom is 0.490 e. The van der Waals surface area contributed by atoms with Gasteiger partial charge in [0.25, 0.3) is 0 Å². The Hall–Kier alpha value is -3.17. The molecule has 4 rings (SSSR count). The fraction of sp³-hybridized carbons (Fsp3) is 0.455. The number of hydrogen-bond donors (Lipinski definition) is 2. The molecule has 0 spiro atoms. The zero-order chi connectivity index (χ0) is 28.5. The van der Waals surface area contributed by atoms with Crippen molar-refractivity contribution in [3.8, 4) is 5.75 Å². The number of ether oxygens (including phenoxy) is 2. The summed E-state index contributed by atoms with van der Waals surface area (Å²) in [7, 11) is 0. The van der Waals surface area contributed by atoms with Crippen LogP contribution in [0.1, 0.15) is 5.56 Å². The van der Waals surface area contributed by atoms with Gasteiger partial charge in [-0.25, -0.2) is 9.59 Å². The van der Waals surface area contributed by atoms with Gasteiger partial charge in [-0.1, -0.05) is 17.7 Å². The summed E-state index contributed by atoms with van der Waals surface area (Å²) in [4.78, 5) is 28.5. The van der Waals surface area contributed by atoms with Crippen molar-refractivity contribution in [1.82, 2.24) is 14.9 Å². The molecule has 2 aromatic rings. The molecule has 0 radical (unpaired) electrons. The topological polar surface area (TPSA) is 122 Å². The Morgan fingerprint density at radius 3 is 2.21 bits per heavy atom. The first-order chi connectivity index (χ1) is 17.7. The van der Waals surface area contributed by atoms with E-state index in [1.807, 2.05) is 18.5 Å². The lowest BCUT2D eigenvalue weighted by atomic mass is 9.94. The molecule has 2 saturated heterocycles. The Kier molecular flexibility index (Phi) is 11.1. The van der Waals surface area contributed by atoms with Crippen LogP contribution in [-0.2, 0) is 20.9 Å². The van der Waals surface area contributed by atoms with Crippen LogP contribution in [0.4, 0.5) is 26.3 Å². The Morgan fingerprint density at radius 1 is 1.05 bits per heavy atom. The summed E-state index contributed by atoms with van der Waals surface area (Å²) in [6.07, 6.45) is -2.81. The molecule has 0 bridgehead atoms. The van der Waals surface area contributed by atoms with Crippen LogP contribution < -0.4 is 4.74 Å². The Balaban J connectivity index is 0.000000301. The Bertz CT molecular complexity index is 1040. The van der Waals surface area contributed by atoms with E-state index in [-0.39, 0.29) is 0 Å². The lowest BCUT2D eigenvalue weighted by molar-refractivity contribution is -0.193. The van der Waals surface area contributed by atoms with Crippen molar-refractivity contribution in [3.63, 3.8) is 0 Å². The van der Waals surface area contributed by atoms with Crippen molar-refractivity contribution in [2.24, 2.45) is 11.8 Å². The van der Waals surface area contributed by atoms with Gasteiger partial charge in [0.1, 0.15) is 5.75 Å². The molecule has 2 aromatic heterocycles. The van der Waals surface area contributed by atoms with E-state index in [2.05, 4.69) is 20.9 Å². The molecule has 0 unspecified atom stereocenters. The van der Waals surface area contributed by atoms with Crippen LogP contribution in [0.25, 0.3) is 0 Å². The lowest BCUT2D eigenvalue weighted by Crippen LogP contribution is -2.26. The molecule has 3 atom stereocenters. The number of nitrogens with zero attached hydrogens (tertiary/aromatic N) is 3. The van der Waals surface area contributed by atoms with Gasteiger partial charge < -0.3 is 19.7 Å². The van der Waals surface area contributed by atoms with E-state index in [0.29, 0.717) is 29.6 Å². The van der Waals surface area contributed by atoms with Gasteiger partial charge in [-0.15, -0.1) is 0 Å². The molecule has 4 heterocycles. The maximum atomic E-state index is 10.6. The van der Waals surface area contributed by atoms with E-state index in [1.165, 1.54) is 5.56 Å². The van der Waals surface area contributed by atoms with Crippen molar-refractivity contribution >= 4 is 23.5 Å². The largest absolute Gasteiger partial charge is 0.492 e. The number of hydrogen-bond acceptors (Lipinski definition) is 7. The van der Waals surface area contributed by atoms with Crippen LogP contribution in [0.2, 0.25) is 5.02 Å². The summed E-state index contributed by atoms with van der Waals surface area (Å²) in [6, 6.07) is 5.90. The normalized spacial score (nSPS) is 20.9. The number of carbonyl (C=O) groups is 2. The minimum atomic E-state index is -5.08. The molecule has 210 valence electrons. The van der Waals surface area contributed by atoms with Gasteiger partial charge in [0, 0.05) is 56.1 Å². The number of carboxylic acid groups (broad SMARTS) is 2. The smallest absolute Gasteiger partial charge is 0.490 e. The predicted molar refractivity (Wildman–Crippen MR) is 118 cm³/mol. The van der Waals surface area contributed by atoms with E-state index in [4.69, 9.17) is 40.9 Å². The third kappa shape index (κ3) is 10.3. The standard InChI is InChI=1S/C18H20ClN3O2.2C2HF3O2/c19-15-4-16(7-21-6-15)23-11-14-12-24-18-10-22(9-17(14)18)8-13-2-1-3-20-5-13;2*3-2(4,5)1(6)7/h1-7,14,17-18H,8-12H2;2*(H,6,7)/t14-,17+,18+;;/m0../s1. The molecule has 9 nitrogen and oxygen atoms in total. The van der Waals surface area contributed by atoms with Crippen LogP contribution in [-0.4, -0.2) is 81.8 Å². The van der Waals surface area contributed by atoms with Crippen LogP contribution in [0.3, 0.4) is 0 Å². The molecule has 0 aromatic carbocycles. The fourth-order valence-electron chi connectivity index (χ4n) is 3.61. The first kappa shape index (κ1) is 31.1. The molecule has 0 amide bonds. The summed E-state index contributed by atoms with van der Waals surface area (Å²) in [5, 5.41) is 14.8. The van der Waals surface area contributed by atoms with Gasteiger partial charge in [0.2, 0.25) is 0 Å². The van der Waals surface area contributed by atoms with Crippen molar-refractivity contribution in [2.75, 3.05) is 26.3 Å². The van der Waals surface area contributed by atoms with E-state index in [9.17, 15) is 26.3 Å². The van der Waals surface area contributed by atoms with Gasteiger partial charge in [0.15, 0.2) is 0 Å². The SMILES string of the molecule is Clc1cncc(OC[C@H]2CO[C@@H]3CN(Cc4cccnc4)C[C@H]23)c1.O=C(O)C(F)(F)F.O=C(O)C(F)(F)F. The van der Waals surface area contributed by atoms with Crippen molar-refractivity contribution in [1.29, 1.82) is 0 Å². The number of fused-ring (bicyclic) bond motifs is 1. The molecular weight excluding hydrogens is 552 g/mol. The van der Waals surface area contributed by atoms with Crippen LogP contribution in [0, 0.1) is 11.8 Å². The molecule has 2 aliphatic heterocycles. The van der Waals surface area contributed by atoms with Crippen molar-refractivity contribution in [3.05, 3.63) is 53.6 Å². The summed E-state index contributed by atoms with van der Waals surface area (Å²) >= 11 is 5.95. The molecule has 38 heavy (non-hydrogen) atoms. The summed E-state index contributed by atoms with van der Waals surface area (Å²) in [6.45, 7) is 4.36. The zero-order valence-corrected chi connectivity index (χ0v) is 20.1. The second-order valence-corrected chi connectivity index (χ2v) is 8.54. The van der Waals surface area contributed by atoms with Gasteiger partial charge in [-0.3, -0.25) is 14.9 Å². The average Bonchev–Trinajstić information content (AvgIpc) is 3.38. The highest BCUT2D eigenvalue weighted by molar-refractivity contribution is 6.30. The number of aromatic nitrogens is 2. The van der Waals surface area contributed by atoms with Crippen molar-refractivity contribution < 1.29 is 55.6 Å². The molecule has 0 saturated carbocycles. The molecule has 2 N–H and O–H groups in total. The predicted octanol–water partition coefficient (Wildman–Crippen LogP) is 3.92. The van der Waals surface area contributed by atoms with Crippen LogP contribution in [0.5, 0.6) is 5.75 Å². The van der Waals surface area contributed by atoms with Crippen molar-refractivity contribution in [2.45, 2.75) is 25.0 Å². The van der Waals surface area contributed by atoms with Gasteiger partial charge >= 0.3 is 24.3 Å². The number of alkyl halides is 6. The zero-order valence-electron chi connectivity index (χ0n) is 19.3. The second kappa shape index (κ2) is 13.6. The minimum Gasteiger partial charge on any atom is -0.492 e. The third-order valence-electron chi connectivity index (χ3n) is 5.27. The third-order valence-corrected chi connectivity index (χ3v) is 5.48. The molecule has 16 heteroatoms. The summed E-state index contributed by atoms with van der Waals surface area (Å²) in [5.41, 5.74) is 1.25. The maximum absolute atomic E-state index is 10.6. The van der Waals surface area contributed by atoms with Gasteiger partial charge in [0.05, 0.1) is 30.5 Å². The van der Waals surface area contributed by atoms with E-state index >= 15 is 0 Å². The van der Waals surface area contributed by atoms with Gasteiger partial charge in [-0.2, -0.15) is 26.3 Å². The average molecular weight is 574 g/mol. The van der Waals surface area contributed by atoms with E-state index < -0.39 is 24.3 Å². The molecule has 2 aliphatic rings. The Labute approximate surface area is 217 Å². The van der Waals surface area contributed by atoms with E-state index in [0.717, 1.165) is 32.0 Å². The van der Waals surface area contributed by atoms with Crippen LogP contribution in [0.15, 0.2) is 43.0 Å². The molecule has 2 fully saturated rings. The number of pyridine rings is 2. The number of likely N-dealkylation sites (tertiary alicyclic amines) is 1. The minimum absolute atomic E-state index is 0.313. The highest BCUT2D eigenvalue weighted by Crippen LogP contribution is 2.34. The highest BCUT2D eigenvalue weighted by atomic mass is 35.5. The lowest BCUT2D eigenvalue weighted by Gasteiger charge is -2.19. The molecule has 0 aliphatic carbocycles. The quantitative estimate of drug-likeness (QED) is 0.513. The Morgan fingerprint density at radius 2 is 1.68 bits per heavy atom. The highest BCUT2D eigenvalue weighted by Gasteiger charge is 2.44. The fourth-order valence-corrected chi connectivity index (χ4v) is 3.77. The first-order valence-corrected chi connectivity index (χ1v) is 11.1. The number of carboxylic acids is 2. The second-order valence-electron chi connectivity index (χ2n) is 8.11. The van der Waals surface area contributed by atoms with Crippen LogP contribution >= 0.6 is 11.6 Å². The first-order valence-electron chi connectivity index (χ1n) is 10.7. The monoisotopic (exact) mass is 573 g/mol. The summed E-state index contributed by atoms with van der Waals surface area (Å²) < 4.78 is 75.3. The van der Waals surface area contributed by atoms with E-state index in [1.54, 1.807) is 18.5 Å². The molecular formula is C22H22ClF6N3O6. The number of rotatable bonds is 5. The summed E-state index contributed by atoms with van der Waals surface area (Å²) in [5.74, 6) is -3.86. The number of halogens is 7. The number of aliphatic carboxylic acids is 2.